The molecule has 22 heavy (non-hydrogen) atoms. The Morgan fingerprint density at radius 1 is 1.23 bits per heavy atom. The summed E-state index contributed by atoms with van der Waals surface area (Å²) in [6, 6.07) is 9.61. The quantitative estimate of drug-likeness (QED) is 0.733. The van der Waals surface area contributed by atoms with E-state index in [1.807, 2.05) is 31.2 Å². The van der Waals surface area contributed by atoms with Gasteiger partial charge in [0.25, 0.3) is 0 Å². The molecular formula is C14H14N2O4S2. The van der Waals surface area contributed by atoms with Gasteiger partial charge in [0.15, 0.2) is 0 Å². The van der Waals surface area contributed by atoms with Crippen LogP contribution in [0.5, 0.6) is 0 Å². The van der Waals surface area contributed by atoms with Gasteiger partial charge in [-0.15, -0.1) is 0 Å². The van der Waals surface area contributed by atoms with Gasteiger partial charge in [-0.1, -0.05) is 30.0 Å². The highest BCUT2D eigenvalue weighted by Gasteiger charge is 2.21. The average molecular weight is 338 g/mol. The standard InChI is InChI=1S/C14H14N2O4S2/c1-8-4-2-3-5-11(8)21-13-10(15)6-9(14(17)18)7-12(13)22(16,19)20/h2-7H,15H2,1H3,(H,17,18)(H2,16,19,20). The third-order valence-electron chi connectivity index (χ3n) is 2.94. The summed E-state index contributed by atoms with van der Waals surface area (Å²) in [5.74, 6) is -1.27. The minimum atomic E-state index is -4.11. The number of carboxylic acids is 1. The van der Waals surface area contributed by atoms with Crippen LogP contribution >= 0.6 is 11.8 Å². The molecule has 0 aliphatic carbocycles. The van der Waals surface area contributed by atoms with Crippen molar-refractivity contribution in [3.05, 3.63) is 47.5 Å². The SMILES string of the molecule is Cc1ccccc1Sc1c(N)cc(C(=O)O)cc1S(N)(=O)=O. The molecule has 0 saturated heterocycles. The van der Waals surface area contributed by atoms with Crippen LogP contribution in [-0.2, 0) is 10.0 Å². The van der Waals surface area contributed by atoms with Crippen molar-refractivity contribution in [2.75, 3.05) is 5.73 Å². The summed E-state index contributed by atoms with van der Waals surface area (Å²) in [7, 11) is -4.11. The van der Waals surface area contributed by atoms with E-state index < -0.39 is 16.0 Å². The second-order valence-corrected chi connectivity index (χ2v) is 7.19. The number of hydrogen-bond donors (Lipinski definition) is 3. The second-order valence-electron chi connectivity index (χ2n) is 4.61. The number of nitrogen functional groups attached to an aromatic ring is 1. The Bertz CT molecular complexity index is 848. The fourth-order valence-corrected chi connectivity index (χ4v) is 3.92. The predicted molar refractivity (Wildman–Crippen MR) is 84.5 cm³/mol. The maximum atomic E-state index is 11.8. The molecule has 6 nitrogen and oxygen atoms in total. The third kappa shape index (κ3) is 3.41. The summed E-state index contributed by atoms with van der Waals surface area (Å²) in [5, 5.41) is 14.2. The van der Waals surface area contributed by atoms with Crippen molar-refractivity contribution >= 4 is 33.4 Å². The Morgan fingerprint density at radius 3 is 2.41 bits per heavy atom. The van der Waals surface area contributed by atoms with E-state index in [9.17, 15) is 13.2 Å². The van der Waals surface area contributed by atoms with Crippen molar-refractivity contribution in [2.45, 2.75) is 21.6 Å². The molecule has 116 valence electrons. The summed E-state index contributed by atoms with van der Waals surface area (Å²) in [4.78, 5) is 11.8. The lowest BCUT2D eigenvalue weighted by Gasteiger charge is -2.13. The topological polar surface area (TPSA) is 123 Å². The molecule has 0 atom stereocenters. The number of benzene rings is 2. The lowest BCUT2D eigenvalue weighted by Crippen LogP contribution is -2.15. The molecule has 0 bridgehead atoms. The fourth-order valence-electron chi connectivity index (χ4n) is 1.85. The van der Waals surface area contributed by atoms with E-state index in [-0.39, 0.29) is 21.0 Å². The van der Waals surface area contributed by atoms with Crippen LogP contribution in [0.4, 0.5) is 5.69 Å². The average Bonchev–Trinajstić information content (AvgIpc) is 2.41. The van der Waals surface area contributed by atoms with E-state index in [4.69, 9.17) is 16.0 Å². The largest absolute Gasteiger partial charge is 0.478 e. The number of sulfonamides is 1. The Hall–Kier alpha value is -2.03. The van der Waals surface area contributed by atoms with Crippen molar-refractivity contribution in [1.82, 2.24) is 0 Å². The van der Waals surface area contributed by atoms with E-state index >= 15 is 0 Å². The number of aromatic carboxylic acids is 1. The highest BCUT2D eigenvalue weighted by Crippen LogP contribution is 2.38. The second kappa shape index (κ2) is 5.99. The molecule has 0 spiro atoms. The highest BCUT2D eigenvalue weighted by molar-refractivity contribution is 8.00. The lowest BCUT2D eigenvalue weighted by atomic mass is 10.2. The van der Waals surface area contributed by atoms with E-state index in [0.29, 0.717) is 0 Å². The Kier molecular flexibility index (Phi) is 4.45. The van der Waals surface area contributed by atoms with Gasteiger partial charge in [0.05, 0.1) is 15.4 Å². The van der Waals surface area contributed by atoms with Crippen LogP contribution in [0.2, 0.25) is 0 Å². The minimum absolute atomic E-state index is 0.0529. The molecule has 8 heteroatoms. The Morgan fingerprint density at radius 2 is 1.86 bits per heavy atom. The summed E-state index contributed by atoms with van der Waals surface area (Å²) in [6.07, 6.45) is 0. The summed E-state index contributed by atoms with van der Waals surface area (Å²) in [6.45, 7) is 1.88. The lowest BCUT2D eigenvalue weighted by molar-refractivity contribution is 0.0696. The van der Waals surface area contributed by atoms with Crippen molar-refractivity contribution in [2.24, 2.45) is 5.14 Å². The number of aryl methyl sites for hydroxylation is 1. The predicted octanol–water partition coefficient (Wildman–Crippen LogP) is 2.07. The fraction of sp³-hybridized carbons (Fsp3) is 0.0714. The van der Waals surface area contributed by atoms with Crippen LogP contribution < -0.4 is 10.9 Å². The molecule has 0 radical (unpaired) electrons. The molecule has 0 aliphatic rings. The summed E-state index contributed by atoms with van der Waals surface area (Å²) < 4.78 is 23.5. The van der Waals surface area contributed by atoms with E-state index in [2.05, 4.69) is 0 Å². The number of nitrogens with two attached hydrogens (primary N) is 2. The summed E-state index contributed by atoms with van der Waals surface area (Å²) >= 11 is 1.14. The molecule has 0 unspecified atom stereocenters. The van der Waals surface area contributed by atoms with Gasteiger partial charge in [0.1, 0.15) is 0 Å². The first-order valence-corrected chi connectivity index (χ1v) is 8.49. The molecular weight excluding hydrogens is 324 g/mol. The number of rotatable bonds is 4. The molecule has 2 aromatic carbocycles. The Balaban J connectivity index is 2.65. The van der Waals surface area contributed by atoms with Crippen LogP contribution in [-0.4, -0.2) is 19.5 Å². The van der Waals surface area contributed by atoms with Crippen LogP contribution in [0, 0.1) is 6.92 Å². The van der Waals surface area contributed by atoms with Gasteiger partial charge in [-0.05, 0) is 30.7 Å². The summed E-state index contributed by atoms with van der Waals surface area (Å²) in [5.41, 5.74) is 6.62. The van der Waals surface area contributed by atoms with Gasteiger partial charge in [-0.2, -0.15) is 0 Å². The number of carbonyl (C=O) groups is 1. The van der Waals surface area contributed by atoms with Crippen molar-refractivity contribution in [3.8, 4) is 0 Å². The number of anilines is 1. The molecule has 0 amide bonds. The third-order valence-corrected chi connectivity index (χ3v) is 5.34. The van der Waals surface area contributed by atoms with Crippen molar-refractivity contribution in [3.63, 3.8) is 0 Å². The van der Waals surface area contributed by atoms with Crippen LogP contribution in [0.1, 0.15) is 15.9 Å². The van der Waals surface area contributed by atoms with Gasteiger partial charge in [-0.3, -0.25) is 0 Å². The van der Waals surface area contributed by atoms with Crippen LogP contribution in [0.3, 0.4) is 0 Å². The molecule has 0 heterocycles. The molecule has 0 saturated carbocycles. The minimum Gasteiger partial charge on any atom is -0.478 e. The smallest absolute Gasteiger partial charge is 0.335 e. The maximum Gasteiger partial charge on any atom is 0.335 e. The number of carboxylic acid groups (broad SMARTS) is 1. The molecule has 2 rings (SSSR count). The molecule has 5 N–H and O–H groups in total. The first-order valence-electron chi connectivity index (χ1n) is 6.13. The van der Waals surface area contributed by atoms with E-state index in [0.717, 1.165) is 28.3 Å². The normalized spacial score (nSPS) is 11.4. The zero-order chi connectivity index (χ0) is 16.5. The van der Waals surface area contributed by atoms with E-state index in [1.54, 1.807) is 0 Å². The molecule has 0 fully saturated rings. The van der Waals surface area contributed by atoms with Gasteiger partial charge in [0, 0.05) is 10.6 Å². The van der Waals surface area contributed by atoms with E-state index in [1.165, 1.54) is 6.07 Å². The number of hydrogen-bond acceptors (Lipinski definition) is 5. The van der Waals surface area contributed by atoms with Crippen molar-refractivity contribution < 1.29 is 18.3 Å². The number of primary sulfonamides is 1. The van der Waals surface area contributed by atoms with Gasteiger partial charge < -0.3 is 10.8 Å². The molecule has 0 aliphatic heterocycles. The van der Waals surface area contributed by atoms with Crippen LogP contribution in [0.25, 0.3) is 0 Å². The van der Waals surface area contributed by atoms with Crippen molar-refractivity contribution in [1.29, 1.82) is 0 Å². The monoisotopic (exact) mass is 338 g/mol. The zero-order valence-electron chi connectivity index (χ0n) is 11.6. The Labute approximate surface area is 132 Å². The van der Waals surface area contributed by atoms with Gasteiger partial charge >= 0.3 is 5.97 Å². The first kappa shape index (κ1) is 16.3. The highest BCUT2D eigenvalue weighted by atomic mass is 32.2. The maximum absolute atomic E-state index is 11.8. The zero-order valence-corrected chi connectivity index (χ0v) is 13.2. The van der Waals surface area contributed by atoms with Gasteiger partial charge in [0.2, 0.25) is 10.0 Å². The van der Waals surface area contributed by atoms with Crippen LogP contribution in [0.15, 0.2) is 51.1 Å². The first-order chi connectivity index (χ1) is 10.2. The molecule has 2 aromatic rings. The van der Waals surface area contributed by atoms with Gasteiger partial charge in [-0.25, -0.2) is 18.4 Å². The molecule has 0 aromatic heterocycles.